The van der Waals surface area contributed by atoms with E-state index < -0.39 is 23.1 Å². The summed E-state index contributed by atoms with van der Waals surface area (Å²) < 4.78 is 28.9. The Hall–Kier alpha value is -2.83. The highest BCUT2D eigenvalue weighted by molar-refractivity contribution is 7.99. The van der Waals surface area contributed by atoms with Gasteiger partial charge in [-0.05, 0) is 43.4 Å². The lowest BCUT2D eigenvalue weighted by atomic mass is 9.87. The molecule has 2 aromatic heterocycles. The van der Waals surface area contributed by atoms with E-state index in [1.807, 2.05) is 29.1 Å². The number of piperidine rings is 1. The minimum absolute atomic E-state index is 0.0610. The number of hydrogen-bond donors (Lipinski definition) is 3. The van der Waals surface area contributed by atoms with Crippen molar-refractivity contribution in [3.8, 4) is 10.7 Å². The molecule has 3 N–H and O–H groups in total. The first-order valence-corrected chi connectivity index (χ1v) is 12.5. The zero-order valence-corrected chi connectivity index (χ0v) is 20.1. The van der Waals surface area contributed by atoms with Crippen LogP contribution in [0.15, 0.2) is 40.9 Å². The van der Waals surface area contributed by atoms with Gasteiger partial charge in [0.1, 0.15) is 17.2 Å². The molecular weight excluding hydrogens is 482 g/mol. The molecule has 0 saturated carbocycles. The van der Waals surface area contributed by atoms with Crippen LogP contribution in [0.2, 0.25) is 0 Å². The van der Waals surface area contributed by atoms with E-state index in [0.29, 0.717) is 31.1 Å². The van der Waals surface area contributed by atoms with Crippen LogP contribution in [0.25, 0.3) is 10.7 Å². The van der Waals surface area contributed by atoms with Crippen molar-refractivity contribution in [3.63, 3.8) is 0 Å². The lowest BCUT2D eigenvalue weighted by Gasteiger charge is -2.37. The molecule has 0 atom stereocenters. The number of thioether (sulfide) groups is 1. The second kappa shape index (κ2) is 10.6. The Balaban J connectivity index is 1.38. The van der Waals surface area contributed by atoms with E-state index >= 15 is 0 Å². The minimum atomic E-state index is -1.11. The summed E-state index contributed by atoms with van der Waals surface area (Å²) in [6, 6.07) is 7.09. The third-order valence-corrected chi connectivity index (χ3v) is 7.52. The van der Waals surface area contributed by atoms with Crippen LogP contribution in [-0.2, 0) is 23.2 Å². The van der Waals surface area contributed by atoms with Gasteiger partial charge in [0.2, 0.25) is 11.8 Å². The summed E-state index contributed by atoms with van der Waals surface area (Å²) in [4.78, 5) is 26.9. The van der Waals surface area contributed by atoms with Gasteiger partial charge in [-0.1, -0.05) is 23.9 Å². The molecule has 3 aromatic rings. The Morgan fingerprint density at radius 2 is 2.03 bits per heavy atom. The molecule has 0 unspecified atom stereocenters. The Morgan fingerprint density at radius 1 is 1.24 bits per heavy atom. The first-order valence-electron chi connectivity index (χ1n) is 10.7. The molecule has 1 aliphatic rings. The van der Waals surface area contributed by atoms with Crippen molar-refractivity contribution >= 4 is 34.9 Å². The van der Waals surface area contributed by atoms with Gasteiger partial charge in [-0.2, -0.15) is 0 Å². The fourth-order valence-electron chi connectivity index (χ4n) is 3.77. The highest BCUT2D eigenvalue weighted by atomic mass is 32.2. The molecule has 1 aliphatic heterocycles. The lowest BCUT2D eigenvalue weighted by Crippen LogP contribution is -2.63. The van der Waals surface area contributed by atoms with Crippen LogP contribution >= 0.6 is 23.1 Å². The first kappa shape index (κ1) is 24.3. The van der Waals surface area contributed by atoms with Gasteiger partial charge >= 0.3 is 0 Å². The fourth-order valence-corrected chi connectivity index (χ4v) is 5.22. The quantitative estimate of drug-likeness (QED) is 0.406. The van der Waals surface area contributed by atoms with E-state index in [1.165, 1.54) is 17.8 Å². The summed E-state index contributed by atoms with van der Waals surface area (Å²) >= 11 is 2.79. The van der Waals surface area contributed by atoms with Gasteiger partial charge in [-0.3, -0.25) is 9.59 Å². The van der Waals surface area contributed by atoms with Gasteiger partial charge in [-0.25, -0.2) is 8.78 Å². The van der Waals surface area contributed by atoms with E-state index in [0.717, 1.165) is 22.8 Å². The van der Waals surface area contributed by atoms with E-state index in [4.69, 9.17) is 0 Å². The fraction of sp³-hybridized carbons (Fsp3) is 0.364. The maximum Gasteiger partial charge on any atom is 0.246 e. The highest BCUT2D eigenvalue weighted by Crippen LogP contribution is 2.26. The van der Waals surface area contributed by atoms with Gasteiger partial charge in [0.15, 0.2) is 11.0 Å². The molecule has 1 saturated heterocycles. The van der Waals surface area contributed by atoms with Gasteiger partial charge < -0.3 is 20.5 Å². The van der Waals surface area contributed by atoms with Crippen molar-refractivity contribution in [1.29, 1.82) is 0 Å². The van der Waals surface area contributed by atoms with Crippen molar-refractivity contribution in [2.24, 2.45) is 7.05 Å². The molecule has 4 rings (SSSR count). The van der Waals surface area contributed by atoms with Crippen LogP contribution in [0, 0.1) is 11.6 Å². The maximum atomic E-state index is 13.9. The van der Waals surface area contributed by atoms with E-state index in [2.05, 4.69) is 26.1 Å². The third kappa shape index (κ3) is 5.45. The molecule has 3 heterocycles. The first-order chi connectivity index (χ1) is 16.4. The van der Waals surface area contributed by atoms with Crippen LogP contribution in [0.3, 0.4) is 0 Å². The van der Waals surface area contributed by atoms with Gasteiger partial charge in [0, 0.05) is 25.2 Å². The molecule has 0 spiro atoms. The van der Waals surface area contributed by atoms with Crippen LogP contribution in [0.1, 0.15) is 18.4 Å². The monoisotopic (exact) mass is 506 g/mol. The molecule has 180 valence electrons. The second-order valence-corrected chi connectivity index (χ2v) is 9.82. The second-order valence-electron chi connectivity index (χ2n) is 7.93. The number of nitrogens with zero attached hydrogens (tertiary/aromatic N) is 3. The molecule has 1 aromatic carbocycles. The Labute approximate surface area is 203 Å². The summed E-state index contributed by atoms with van der Waals surface area (Å²) in [7, 11) is 1.84. The SMILES string of the molecule is Cn1c(SCC(=O)NC2(C(=O)NCc3ccc(F)cc3F)CCNCC2)nnc1-c1cccs1. The third-order valence-electron chi connectivity index (χ3n) is 5.63. The van der Waals surface area contributed by atoms with Gasteiger partial charge in [-0.15, -0.1) is 21.5 Å². The number of thiophene rings is 1. The van der Waals surface area contributed by atoms with Crippen molar-refractivity contribution in [2.45, 2.75) is 30.1 Å². The smallest absolute Gasteiger partial charge is 0.246 e. The van der Waals surface area contributed by atoms with E-state index in [1.54, 1.807) is 11.3 Å². The zero-order chi connectivity index (χ0) is 24.1. The molecule has 0 radical (unpaired) electrons. The number of carbonyl (C=O) groups excluding carboxylic acids is 2. The minimum Gasteiger partial charge on any atom is -0.350 e. The normalized spacial score (nSPS) is 15.1. The molecule has 0 bridgehead atoms. The lowest BCUT2D eigenvalue weighted by molar-refractivity contribution is -0.134. The van der Waals surface area contributed by atoms with Gasteiger partial charge in [0.25, 0.3) is 0 Å². The number of amides is 2. The number of nitrogens with one attached hydrogen (secondary N) is 3. The van der Waals surface area contributed by atoms with Gasteiger partial charge in [0.05, 0.1) is 10.6 Å². The summed E-state index contributed by atoms with van der Waals surface area (Å²) in [6.07, 6.45) is 0.793. The average molecular weight is 507 g/mol. The van der Waals surface area contributed by atoms with Crippen LogP contribution in [-0.4, -0.2) is 51.0 Å². The van der Waals surface area contributed by atoms with Crippen molar-refractivity contribution in [2.75, 3.05) is 18.8 Å². The van der Waals surface area contributed by atoms with Crippen LogP contribution < -0.4 is 16.0 Å². The van der Waals surface area contributed by atoms with Crippen molar-refractivity contribution < 1.29 is 18.4 Å². The largest absolute Gasteiger partial charge is 0.350 e. The number of aromatic nitrogens is 3. The Bertz CT molecular complexity index is 1160. The number of carbonyl (C=O) groups is 2. The van der Waals surface area contributed by atoms with E-state index in [9.17, 15) is 18.4 Å². The molecule has 8 nitrogen and oxygen atoms in total. The molecule has 1 fully saturated rings. The van der Waals surface area contributed by atoms with Crippen molar-refractivity contribution in [1.82, 2.24) is 30.7 Å². The zero-order valence-electron chi connectivity index (χ0n) is 18.4. The number of rotatable bonds is 8. The van der Waals surface area contributed by atoms with Crippen molar-refractivity contribution in [3.05, 3.63) is 52.9 Å². The molecule has 12 heteroatoms. The maximum absolute atomic E-state index is 13.9. The summed E-state index contributed by atoms with van der Waals surface area (Å²) in [5.41, 5.74) is -0.939. The number of hydrogen-bond acceptors (Lipinski definition) is 7. The molecule has 34 heavy (non-hydrogen) atoms. The average Bonchev–Trinajstić information content (AvgIpc) is 3.47. The summed E-state index contributed by atoms with van der Waals surface area (Å²) in [5.74, 6) is -1.33. The summed E-state index contributed by atoms with van der Waals surface area (Å²) in [5, 5.41) is 19.7. The highest BCUT2D eigenvalue weighted by Gasteiger charge is 2.40. The molecular formula is C22H24F2N6O2S2. The number of benzene rings is 1. The standard InChI is InChI=1S/C22H24F2N6O2S2/c1-30-19(17-3-2-10-33-17)28-29-21(30)34-13-18(31)27-22(6-8-25-9-7-22)20(32)26-12-14-4-5-15(23)11-16(14)24/h2-5,10-11,25H,6-9,12-13H2,1H3,(H,26,32)(H,27,31). The predicted molar refractivity (Wildman–Crippen MR) is 126 cm³/mol. The van der Waals surface area contributed by atoms with Crippen LogP contribution in [0.4, 0.5) is 8.78 Å². The molecule has 0 aliphatic carbocycles. The van der Waals surface area contributed by atoms with E-state index in [-0.39, 0.29) is 23.8 Å². The predicted octanol–water partition coefficient (Wildman–Crippen LogP) is 2.47. The Morgan fingerprint density at radius 3 is 2.74 bits per heavy atom. The number of halogens is 2. The summed E-state index contributed by atoms with van der Waals surface area (Å²) in [6.45, 7) is 1.01. The topological polar surface area (TPSA) is 101 Å². The van der Waals surface area contributed by atoms with Crippen LogP contribution in [0.5, 0.6) is 0 Å². The molecule has 2 amide bonds. The Kier molecular flexibility index (Phi) is 7.59.